The minimum Gasteiger partial charge on any atom is -0.475 e. The number of rotatable bonds is 4. The SMILES string of the molecule is CN(C)CC1CN(Cc2ccc(Cl)c(F)c2)Cc2ccnn2C1.O=C(O)C(F)(F)F.O=C(O)C(F)(F)F. The fourth-order valence-electron chi connectivity index (χ4n) is 3.27. The fourth-order valence-corrected chi connectivity index (χ4v) is 3.39. The Balaban J connectivity index is 0.000000404. The van der Waals surface area contributed by atoms with Gasteiger partial charge in [-0.3, -0.25) is 9.58 Å². The molecular formula is C21H24ClF7N4O4. The Morgan fingerprint density at radius 2 is 1.59 bits per heavy atom. The monoisotopic (exact) mass is 564 g/mol. The van der Waals surface area contributed by atoms with Crippen molar-refractivity contribution in [3.05, 3.63) is 52.6 Å². The number of halogens is 8. The van der Waals surface area contributed by atoms with Gasteiger partial charge >= 0.3 is 24.3 Å². The summed E-state index contributed by atoms with van der Waals surface area (Å²) in [5.41, 5.74) is 2.16. The number of aliphatic carboxylic acids is 2. The molecule has 0 saturated carbocycles. The summed E-state index contributed by atoms with van der Waals surface area (Å²) in [4.78, 5) is 22.4. The predicted molar refractivity (Wildman–Crippen MR) is 117 cm³/mol. The molecule has 3 rings (SSSR count). The lowest BCUT2D eigenvalue weighted by Crippen LogP contribution is -2.33. The highest BCUT2D eigenvalue weighted by Gasteiger charge is 2.38. The van der Waals surface area contributed by atoms with Crippen molar-refractivity contribution in [2.45, 2.75) is 32.0 Å². The Bertz CT molecular complexity index is 1020. The van der Waals surface area contributed by atoms with E-state index in [4.69, 9.17) is 31.4 Å². The Morgan fingerprint density at radius 3 is 2.05 bits per heavy atom. The highest BCUT2D eigenvalue weighted by molar-refractivity contribution is 6.30. The van der Waals surface area contributed by atoms with Gasteiger partial charge in [-0.1, -0.05) is 17.7 Å². The number of benzene rings is 1. The number of alkyl halides is 6. The van der Waals surface area contributed by atoms with Gasteiger partial charge in [-0.15, -0.1) is 0 Å². The molecule has 0 saturated heterocycles. The lowest BCUT2D eigenvalue weighted by atomic mass is 10.1. The number of hydrogen-bond acceptors (Lipinski definition) is 5. The Morgan fingerprint density at radius 1 is 1.05 bits per heavy atom. The lowest BCUT2D eigenvalue weighted by Gasteiger charge is -2.25. The number of hydrogen-bond donors (Lipinski definition) is 2. The molecule has 2 aromatic rings. The highest BCUT2D eigenvalue weighted by atomic mass is 35.5. The molecular weight excluding hydrogens is 541 g/mol. The molecule has 2 N–H and O–H groups in total. The van der Waals surface area contributed by atoms with Crippen molar-refractivity contribution in [1.29, 1.82) is 0 Å². The van der Waals surface area contributed by atoms with Crippen LogP contribution in [-0.4, -0.2) is 81.3 Å². The normalized spacial score (nSPS) is 16.0. The van der Waals surface area contributed by atoms with E-state index in [1.54, 1.807) is 6.07 Å². The van der Waals surface area contributed by atoms with E-state index in [1.807, 2.05) is 12.3 Å². The molecule has 0 bridgehead atoms. The van der Waals surface area contributed by atoms with Gasteiger partial charge in [0.05, 0.1) is 10.7 Å². The van der Waals surface area contributed by atoms with Crippen molar-refractivity contribution in [3.63, 3.8) is 0 Å². The Hall–Kier alpha value is -2.91. The number of nitrogens with zero attached hydrogens (tertiary/aromatic N) is 4. The van der Waals surface area contributed by atoms with Crippen LogP contribution in [0.2, 0.25) is 5.02 Å². The van der Waals surface area contributed by atoms with Crippen LogP contribution in [0.25, 0.3) is 0 Å². The third-order valence-electron chi connectivity index (χ3n) is 4.64. The summed E-state index contributed by atoms with van der Waals surface area (Å²) in [6.07, 6.45) is -8.31. The second-order valence-electron chi connectivity index (χ2n) is 8.16. The van der Waals surface area contributed by atoms with E-state index >= 15 is 0 Å². The highest BCUT2D eigenvalue weighted by Crippen LogP contribution is 2.21. The fraction of sp³-hybridized carbons (Fsp3) is 0.476. The van der Waals surface area contributed by atoms with Crippen molar-refractivity contribution in [1.82, 2.24) is 19.6 Å². The lowest BCUT2D eigenvalue weighted by molar-refractivity contribution is -0.193. The maximum atomic E-state index is 13.7. The summed E-state index contributed by atoms with van der Waals surface area (Å²) in [6, 6.07) is 7.12. The summed E-state index contributed by atoms with van der Waals surface area (Å²) in [5, 5.41) is 18.9. The first-order chi connectivity index (χ1) is 16.9. The van der Waals surface area contributed by atoms with Gasteiger partial charge in [0.25, 0.3) is 0 Å². The van der Waals surface area contributed by atoms with Crippen LogP contribution < -0.4 is 0 Å². The molecule has 1 aromatic carbocycles. The van der Waals surface area contributed by atoms with E-state index in [2.05, 4.69) is 39.7 Å². The van der Waals surface area contributed by atoms with Crippen molar-refractivity contribution in [3.8, 4) is 0 Å². The van der Waals surface area contributed by atoms with Crippen molar-refractivity contribution >= 4 is 23.5 Å². The summed E-state index contributed by atoms with van der Waals surface area (Å²) in [6.45, 7) is 4.43. The van der Waals surface area contributed by atoms with E-state index in [0.717, 1.165) is 31.7 Å². The average Bonchev–Trinajstić information content (AvgIpc) is 3.09. The van der Waals surface area contributed by atoms with Gasteiger partial charge in [-0.25, -0.2) is 14.0 Å². The van der Waals surface area contributed by atoms with Crippen molar-refractivity contribution in [2.75, 3.05) is 27.2 Å². The van der Waals surface area contributed by atoms with Gasteiger partial charge in [-0.2, -0.15) is 31.4 Å². The second-order valence-corrected chi connectivity index (χ2v) is 8.56. The maximum Gasteiger partial charge on any atom is 0.490 e. The number of fused-ring (bicyclic) bond motifs is 1. The molecule has 1 unspecified atom stereocenters. The number of carbonyl (C=O) groups is 2. The molecule has 0 amide bonds. The van der Waals surface area contributed by atoms with E-state index in [9.17, 15) is 30.7 Å². The second kappa shape index (κ2) is 13.6. The predicted octanol–water partition coefficient (Wildman–Crippen LogP) is 4.14. The molecule has 2 heterocycles. The van der Waals surface area contributed by atoms with E-state index in [0.29, 0.717) is 12.5 Å². The summed E-state index contributed by atoms with van der Waals surface area (Å²) in [7, 11) is 4.18. The van der Waals surface area contributed by atoms with Gasteiger partial charge in [0.2, 0.25) is 0 Å². The third kappa shape index (κ3) is 11.8. The first-order valence-corrected chi connectivity index (χ1v) is 10.7. The van der Waals surface area contributed by atoms with Gasteiger partial charge in [0, 0.05) is 44.8 Å². The number of aromatic nitrogens is 2. The Kier molecular flexibility index (Phi) is 11.8. The largest absolute Gasteiger partial charge is 0.490 e. The zero-order chi connectivity index (χ0) is 28.6. The summed E-state index contributed by atoms with van der Waals surface area (Å²) < 4.78 is 79.2. The molecule has 208 valence electrons. The van der Waals surface area contributed by atoms with Gasteiger partial charge in [0.15, 0.2) is 0 Å². The molecule has 0 aliphatic carbocycles. The molecule has 37 heavy (non-hydrogen) atoms. The minimum absolute atomic E-state index is 0.174. The minimum atomic E-state index is -5.08. The van der Waals surface area contributed by atoms with Gasteiger partial charge < -0.3 is 15.1 Å². The molecule has 1 aliphatic heterocycles. The van der Waals surface area contributed by atoms with Crippen LogP contribution in [0.3, 0.4) is 0 Å². The molecule has 1 aliphatic rings. The van der Waals surface area contributed by atoms with Crippen LogP contribution in [0, 0.1) is 11.7 Å². The van der Waals surface area contributed by atoms with Crippen LogP contribution in [0.1, 0.15) is 11.3 Å². The molecule has 0 spiro atoms. The van der Waals surface area contributed by atoms with Gasteiger partial charge in [0.1, 0.15) is 5.82 Å². The van der Waals surface area contributed by atoms with E-state index in [-0.39, 0.29) is 10.8 Å². The van der Waals surface area contributed by atoms with Crippen LogP contribution in [0.15, 0.2) is 30.5 Å². The zero-order valence-corrected chi connectivity index (χ0v) is 20.3. The standard InChI is InChI=1S/C17H22ClFN4.2C2HF3O2/c1-21(2)8-14-10-22(12-15-5-6-20-23(15)11-14)9-13-3-4-16(18)17(19)7-13;2*3-2(4,5)1(6)7/h3-7,14H,8-12H2,1-2H3;2*(H,6,7). The first-order valence-electron chi connectivity index (χ1n) is 10.3. The molecule has 8 nitrogen and oxygen atoms in total. The van der Waals surface area contributed by atoms with Crippen molar-refractivity contribution < 1.29 is 50.5 Å². The van der Waals surface area contributed by atoms with E-state index in [1.165, 1.54) is 11.8 Å². The van der Waals surface area contributed by atoms with Crippen LogP contribution in [0.4, 0.5) is 30.7 Å². The molecule has 1 atom stereocenters. The smallest absolute Gasteiger partial charge is 0.475 e. The first kappa shape index (κ1) is 32.1. The quantitative estimate of drug-likeness (QED) is 0.539. The number of carboxylic acid groups (broad SMARTS) is 2. The van der Waals surface area contributed by atoms with Gasteiger partial charge in [-0.05, 0) is 37.9 Å². The van der Waals surface area contributed by atoms with E-state index < -0.39 is 24.3 Å². The molecule has 0 fully saturated rings. The molecule has 0 radical (unpaired) electrons. The maximum absolute atomic E-state index is 13.7. The molecule has 1 aromatic heterocycles. The summed E-state index contributed by atoms with van der Waals surface area (Å²) >= 11 is 5.78. The summed E-state index contributed by atoms with van der Waals surface area (Å²) in [5.74, 6) is -5.38. The topological polar surface area (TPSA) is 98.9 Å². The van der Waals surface area contributed by atoms with Crippen LogP contribution in [-0.2, 0) is 29.2 Å². The average molecular weight is 565 g/mol. The zero-order valence-electron chi connectivity index (χ0n) is 19.5. The Labute approximate surface area is 211 Å². The molecule has 16 heteroatoms. The third-order valence-corrected chi connectivity index (χ3v) is 4.94. The number of carboxylic acids is 2. The van der Waals surface area contributed by atoms with Crippen LogP contribution in [0.5, 0.6) is 0 Å². The van der Waals surface area contributed by atoms with Crippen molar-refractivity contribution in [2.24, 2.45) is 5.92 Å². The van der Waals surface area contributed by atoms with Crippen LogP contribution >= 0.6 is 11.6 Å².